The molecule has 8 heteroatoms. The molecule has 0 radical (unpaired) electrons. The molecule has 0 aliphatic carbocycles. The third-order valence-electron chi connectivity index (χ3n) is 13.7. The van der Waals surface area contributed by atoms with Gasteiger partial charge in [0.05, 0.1) is 34.4 Å². The lowest BCUT2D eigenvalue weighted by molar-refractivity contribution is -0.887. The maximum atomic E-state index is 12.8. The Hall–Kier alpha value is -1.93. The topological polar surface area (TPSA) is 99.1 Å². The second kappa shape index (κ2) is 50.5. The van der Waals surface area contributed by atoms with Gasteiger partial charge in [0, 0.05) is 19.3 Å². The van der Waals surface area contributed by atoms with Crippen LogP contribution in [-0.4, -0.2) is 80.6 Å². The number of quaternary nitrogens is 1. The van der Waals surface area contributed by atoms with E-state index < -0.39 is 18.1 Å². The Balaban J connectivity index is 4.13. The number of unbranched alkanes of at least 4 members (excludes halogenated alkanes) is 38. The molecule has 0 saturated carbocycles. The number of esters is 2. The second-order valence-corrected chi connectivity index (χ2v) is 21.3. The van der Waals surface area contributed by atoms with E-state index in [2.05, 4.69) is 26.0 Å². The fourth-order valence-corrected chi connectivity index (χ4v) is 9.15. The van der Waals surface area contributed by atoms with Crippen molar-refractivity contribution in [2.75, 3.05) is 41.0 Å². The summed E-state index contributed by atoms with van der Waals surface area (Å²) < 4.78 is 17.4. The molecule has 0 aromatic heterocycles. The third kappa shape index (κ3) is 48.9. The summed E-state index contributed by atoms with van der Waals surface area (Å²) >= 11 is 0. The summed E-state index contributed by atoms with van der Waals surface area (Å²) in [4.78, 5) is 37.3. The average molecular weight is 950 g/mol. The molecule has 0 saturated heterocycles. The van der Waals surface area contributed by atoms with Crippen LogP contribution in [0.1, 0.15) is 296 Å². The maximum absolute atomic E-state index is 12.8. The Morgan fingerprint density at radius 1 is 0.433 bits per heavy atom. The van der Waals surface area contributed by atoms with Crippen molar-refractivity contribution in [2.45, 2.75) is 309 Å². The molecule has 2 unspecified atom stereocenters. The molecule has 0 aliphatic heterocycles. The molecule has 0 aromatic rings. The molecular formula is C59H114NO7+. The summed E-state index contributed by atoms with van der Waals surface area (Å²) in [6.07, 6.45) is 58.5. The molecule has 0 aromatic carbocycles. The molecule has 0 heterocycles. The first kappa shape index (κ1) is 65.1. The molecule has 1 N–H and O–H groups in total. The van der Waals surface area contributed by atoms with E-state index in [0.29, 0.717) is 19.3 Å². The number of carboxylic acid groups (broad SMARTS) is 1. The number of carbonyl (C=O) groups is 3. The van der Waals surface area contributed by atoms with Gasteiger partial charge in [-0.1, -0.05) is 251 Å². The van der Waals surface area contributed by atoms with Gasteiger partial charge in [0.1, 0.15) is 6.61 Å². The van der Waals surface area contributed by atoms with E-state index in [9.17, 15) is 19.5 Å². The van der Waals surface area contributed by atoms with Crippen LogP contribution in [0.5, 0.6) is 0 Å². The fourth-order valence-electron chi connectivity index (χ4n) is 9.15. The highest BCUT2D eigenvalue weighted by Crippen LogP contribution is 2.18. The third-order valence-corrected chi connectivity index (χ3v) is 13.7. The summed E-state index contributed by atoms with van der Waals surface area (Å²) in [5.74, 6) is -1.44. The molecule has 2 atom stereocenters. The Kier molecular flexibility index (Phi) is 49.0. The van der Waals surface area contributed by atoms with Crippen LogP contribution in [0, 0.1) is 0 Å². The van der Waals surface area contributed by atoms with E-state index in [1.807, 2.05) is 21.1 Å². The summed E-state index contributed by atoms with van der Waals surface area (Å²) in [6.45, 7) is 4.80. The Morgan fingerprint density at radius 3 is 1.07 bits per heavy atom. The van der Waals surface area contributed by atoms with Crippen molar-refractivity contribution in [1.82, 2.24) is 0 Å². The van der Waals surface area contributed by atoms with Gasteiger partial charge in [-0.25, -0.2) is 4.79 Å². The number of carbonyl (C=O) groups excluding carboxylic acids is 2. The minimum atomic E-state index is -0.870. The van der Waals surface area contributed by atoms with E-state index in [0.717, 1.165) is 38.5 Å². The highest BCUT2D eigenvalue weighted by atomic mass is 16.6. The van der Waals surface area contributed by atoms with Crippen molar-refractivity contribution in [3.63, 3.8) is 0 Å². The number of ether oxygens (including phenoxy) is 3. The van der Waals surface area contributed by atoms with Gasteiger partial charge in [-0.15, -0.1) is 0 Å². The van der Waals surface area contributed by atoms with Crippen molar-refractivity contribution >= 4 is 17.9 Å². The molecule has 0 rings (SSSR count). The van der Waals surface area contributed by atoms with E-state index in [1.165, 1.54) is 225 Å². The van der Waals surface area contributed by atoms with Gasteiger partial charge < -0.3 is 23.8 Å². The molecule has 67 heavy (non-hydrogen) atoms. The predicted octanol–water partition coefficient (Wildman–Crippen LogP) is 17.4. The number of nitrogens with zero attached hydrogens (tertiary/aromatic N) is 1. The number of hydrogen-bond acceptors (Lipinski definition) is 6. The minimum absolute atomic E-state index is 0.0463. The van der Waals surface area contributed by atoms with Gasteiger partial charge in [-0.3, -0.25) is 9.59 Å². The summed E-state index contributed by atoms with van der Waals surface area (Å²) in [5.41, 5.74) is 0. The summed E-state index contributed by atoms with van der Waals surface area (Å²) in [6, 6.07) is -0.612. The lowest BCUT2D eigenvalue weighted by Gasteiger charge is -2.31. The molecule has 0 aliphatic rings. The number of rotatable bonds is 54. The first-order chi connectivity index (χ1) is 32.6. The lowest BCUT2D eigenvalue weighted by atomic mass is 10.0. The first-order valence-electron chi connectivity index (χ1n) is 29.2. The van der Waals surface area contributed by atoms with E-state index in [4.69, 9.17) is 14.2 Å². The number of hydrogen-bond donors (Lipinski definition) is 1. The van der Waals surface area contributed by atoms with Gasteiger partial charge in [-0.05, 0) is 38.5 Å². The van der Waals surface area contributed by atoms with Gasteiger partial charge in [-0.2, -0.15) is 0 Å². The molecule has 0 spiro atoms. The van der Waals surface area contributed by atoms with Crippen LogP contribution in [-0.2, 0) is 28.6 Å². The zero-order valence-corrected chi connectivity index (χ0v) is 45.4. The van der Waals surface area contributed by atoms with Crippen LogP contribution in [0.15, 0.2) is 12.2 Å². The second-order valence-electron chi connectivity index (χ2n) is 21.3. The molecule has 8 nitrogen and oxygen atoms in total. The van der Waals surface area contributed by atoms with Crippen LogP contribution in [0.3, 0.4) is 0 Å². The molecule has 0 amide bonds. The quantitative estimate of drug-likeness (QED) is 0.0281. The Morgan fingerprint density at radius 2 is 0.746 bits per heavy atom. The highest BCUT2D eigenvalue weighted by Gasteiger charge is 2.31. The van der Waals surface area contributed by atoms with Crippen LogP contribution >= 0.6 is 0 Å². The molecule has 0 fully saturated rings. The lowest BCUT2D eigenvalue weighted by Crippen LogP contribution is -2.50. The SMILES string of the molecule is CCCCCCCCCCCC/C=C/CCCCCCCCCC(=O)OCC(COCCC(C(=O)O)[N+](C)(C)C)OC(=O)CCCCCCCCCCCCCCCCCCCCCCCC. The van der Waals surface area contributed by atoms with Gasteiger partial charge in [0.25, 0.3) is 0 Å². The molecule has 0 bridgehead atoms. The van der Waals surface area contributed by atoms with Crippen LogP contribution in [0.2, 0.25) is 0 Å². The van der Waals surface area contributed by atoms with Gasteiger partial charge >= 0.3 is 17.9 Å². The fraction of sp³-hybridized carbons (Fsp3) is 0.915. The molecular weight excluding hydrogens is 835 g/mol. The summed E-state index contributed by atoms with van der Waals surface area (Å²) in [7, 11) is 5.56. The highest BCUT2D eigenvalue weighted by molar-refractivity contribution is 5.72. The number of likely N-dealkylation sites (N-methyl/N-ethyl adjacent to an activating group) is 1. The monoisotopic (exact) mass is 949 g/mol. The van der Waals surface area contributed by atoms with Crippen LogP contribution in [0.4, 0.5) is 0 Å². The van der Waals surface area contributed by atoms with Gasteiger partial charge in [0.2, 0.25) is 0 Å². The Labute approximate surface area is 416 Å². The maximum Gasteiger partial charge on any atom is 0.362 e. The standard InChI is InChI=1S/C59H113NO7/c1-6-8-10-12-14-16-18-20-22-24-26-28-30-32-34-36-38-40-42-44-46-48-50-58(62)67-55(53-65-52-51-56(59(63)64)60(3,4)5)54-66-57(61)49-47-45-43-41-39-37-35-33-31-29-27-25-23-21-19-17-15-13-11-9-7-2/h29,31,55-56H,6-28,30,32-54H2,1-5H3/p+1/b31-29+. The number of carboxylic acids is 1. The normalized spacial score (nSPS) is 12.8. The minimum Gasteiger partial charge on any atom is -0.477 e. The Bertz CT molecular complexity index is 1100. The number of aliphatic carboxylic acids is 1. The smallest absolute Gasteiger partial charge is 0.362 e. The zero-order valence-electron chi connectivity index (χ0n) is 45.4. The average Bonchev–Trinajstić information content (AvgIpc) is 3.29. The molecule has 396 valence electrons. The summed E-state index contributed by atoms with van der Waals surface area (Å²) in [5, 5.41) is 9.68. The van der Waals surface area contributed by atoms with Crippen LogP contribution in [0.25, 0.3) is 0 Å². The van der Waals surface area contributed by atoms with Gasteiger partial charge in [0.15, 0.2) is 12.1 Å². The van der Waals surface area contributed by atoms with Crippen molar-refractivity contribution < 1.29 is 38.2 Å². The van der Waals surface area contributed by atoms with Crippen molar-refractivity contribution in [1.29, 1.82) is 0 Å². The van der Waals surface area contributed by atoms with E-state index in [-0.39, 0.29) is 36.2 Å². The van der Waals surface area contributed by atoms with E-state index in [1.54, 1.807) is 0 Å². The van der Waals surface area contributed by atoms with Crippen molar-refractivity contribution in [2.24, 2.45) is 0 Å². The van der Waals surface area contributed by atoms with Crippen LogP contribution < -0.4 is 0 Å². The van der Waals surface area contributed by atoms with E-state index >= 15 is 0 Å². The zero-order chi connectivity index (χ0) is 49.2. The predicted molar refractivity (Wildman–Crippen MR) is 285 cm³/mol. The van der Waals surface area contributed by atoms with Crippen molar-refractivity contribution in [3.8, 4) is 0 Å². The largest absolute Gasteiger partial charge is 0.477 e. The first-order valence-corrected chi connectivity index (χ1v) is 29.2. The number of allylic oxidation sites excluding steroid dienone is 2. The van der Waals surface area contributed by atoms with Crippen molar-refractivity contribution in [3.05, 3.63) is 12.2 Å².